The van der Waals surface area contributed by atoms with Crippen LogP contribution in [0.5, 0.6) is 0 Å². The van der Waals surface area contributed by atoms with Gasteiger partial charge in [-0.15, -0.1) is 0 Å². The molecule has 5 heteroatoms. The number of ether oxygens (including phenoxy) is 1. The number of nitrogens with zero attached hydrogens (tertiary/aromatic N) is 2. The smallest absolute Gasteiger partial charge is 0.360 e. The van der Waals surface area contributed by atoms with Crippen molar-refractivity contribution in [3.8, 4) is 11.5 Å². The van der Waals surface area contributed by atoms with Crippen molar-refractivity contribution in [1.82, 2.24) is 9.55 Å². The van der Waals surface area contributed by atoms with Crippen LogP contribution < -0.4 is 0 Å². The molecule has 0 radical (unpaired) electrons. The highest BCUT2D eigenvalue weighted by Crippen LogP contribution is 2.31. The fourth-order valence-electron chi connectivity index (χ4n) is 2.82. The Hall–Kier alpha value is -2.56. The van der Waals surface area contributed by atoms with Crippen LogP contribution in [0, 0.1) is 12.8 Å². The lowest BCUT2D eigenvalue weighted by Gasteiger charge is -2.08. The van der Waals surface area contributed by atoms with Crippen molar-refractivity contribution in [3.05, 3.63) is 41.9 Å². The van der Waals surface area contributed by atoms with E-state index in [4.69, 9.17) is 9.15 Å². The van der Waals surface area contributed by atoms with Crippen LogP contribution in [0.25, 0.3) is 22.4 Å². The summed E-state index contributed by atoms with van der Waals surface area (Å²) in [5, 5.41) is 1.08. The quantitative estimate of drug-likeness (QED) is 0.651. The highest BCUT2D eigenvalue weighted by Gasteiger charge is 2.18. The summed E-state index contributed by atoms with van der Waals surface area (Å²) in [4.78, 5) is 16.1. The Bertz CT molecular complexity index is 874. The Kier molecular flexibility index (Phi) is 4.42. The zero-order chi connectivity index (χ0) is 17.3. The fourth-order valence-corrected chi connectivity index (χ4v) is 2.82. The minimum atomic E-state index is -0.463. The number of esters is 1. The predicted octanol–water partition coefficient (Wildman–Crippen LogP) is 4.44. The number of rotatable bonds is 5. The molecule has 0 aliphatic heterocycles. The maximum Gasteiger partial charge on any atom is 0.360 e. The van der Waals surface area contributed by atoms with Crippen LogP contribution in [0.15, 0.2) is 35.1 Å². The lowest BCUT2D eigenvalue weighted by molar-refractivity contribution is 0.0519. The van der Waals surface area contributed by atoms with Crippen molar-refractivity contribution < 1.29 is 13.9 Å². The highest BCUT2D eigenvalue weighted by molar-refractivity contribution is 5.95. The molecule has 0 atom stereocenters. The third kappa shape index (κ3) is 3.07. The molecule has 0 fully saturated rings. The molecule has 0 bridgehead atoms. The molecule has 0 aliphatic rings. The van der Waals surface area contributed by atoms with Gasteiger partial charge < -0.3 is 13.7 Å². The molecule has 0 spiro atoms. The molecule has 2 heterocycles. The molecule has 0 saturated heterocycles. The summed E-state index contributed by atoms with van der Waals surface area (Å²) in [7, 11) is 0. The van der Waals surface area contributed by atoms with Crippen molar-refractivity contribution in [2.45, 2.75) is 34.2 Å². The van der Waals surface area contributed by atoms with Gasteiger partial charge in [-0.3, -0.25) is 0 Å². The number of aryl methyl sites for hydroxylation is 1. The average molecular weight is 326 g/mol. The van der Waals surface area contributed by atoms with Gasteiger partial charge >= 0.3 is 5.97 Å². The molecule has 0 unspecified atom stereocenters. The summed E-state index contributed by atoms with van der Waals surface area (Å²) in [6.45, 7) is 9.41. The van der Waals surface area contributed by atoms with Gasteiger partial charge in [-0.1, -0.05) is 25.5 Å². The van der Waals surface area contributed by atoms with E-state index in [9.17, 15) is 4.79 Å². The summed E-state index contributed by atoms with van der Waals surface area (Å²) in [6.07, 6.45) is 3.40. The second-order valence-electron chi connectivity index (χ2n) is 6.37. The van der Waals surface area contributed by atoms with Crippen LogP contribution in [0.4, 0.5) is 0 Å². The molecule has 0 aliphatic carbocycles. The summed E-state index contributed by atoms with van der Waals surface area (Å²) < 4.78 is 12.7. The average Bonchev–Trinajstić information content (AvgIpc) is 3.12. The Morgan fingerprint density at radius 2 is 2.17 bits per heavy atom. The molecule has 1 aromatic carbocycles. The molecule has 24 heavy (non-hydrogen) atoms. The topological polar surface area (TPSA) is 57.3 Å². The highest BCUT2D eigenvalue weighted by atomic mass is 16.5. The van der Waals surface area contributed by atoms with Gasteiger partial charge in [0, 0.05) is 23.6 Å². The van der Waals surface area contributed by atoms with Crippen LogP contribution in [0.1, 0.15) is 36.8 Å². The van der Waals surface area contributed by atoms with Gasteiger partial charge in [-0.05, 0) is 31.9 Å². The Morgan fingerprint density at radius 3 is 2.88 bits per heavy atom. The summed E-state index contributed by atoms with van der Waals surface area (Å²) in [5.74, 6) is 0.500. The summed E-state index contributed by atoms with van der Waals surface area (Å²) in [6, 6.07) is 6.34. The first kappa shape index (κ1) is 16.3. The van der Waals surface area contributed by atoms with Gasteiger partial charge in [0.2, 0.25) is 5.89 Å². The van der Waals surface area contributed by atoms with E-state index in [1.807, 2.05) is 6.20 Å². The van der Waals surface area contributed by atoms with Crippen LogP contribution in [0.3, 0.4) is 0 Å². The second kappa shape index (κ2) is 6.51. The number of carbonyl (C=O) groups excluding carboxylic acids is 1. The van der Waals surface area contributed by atoms with E-state index in [-0.39, 0.29) is 5.69 Å². The number of carbonyl (C=O) groups is 1. The zero-order valence-electron chi connectivity index (χ0n) is 14.5. The maximum absolute atomic E-state index is 11.8. The molecule has 3 aromatic rings. The molecule has 0 amide bonds. The van der Waals surface area contributed by atoms with E-state index >= 15 is 0 Å². The van der Waals surface area contributed by atoms with Crippen molar-refractivity contribution in [2.24, 2.45) is 5.92 Å². The van der Waals surface area contributed by atoms with E-state index in [0.29, 0.717) is 18.4 Å². The normalized spacial score (nSPS) is 11.4. The summed E-state index contributed by atoms with van der Waals surface area (Å²) >= 11 is 0. The first-order valence-corrected chi connectivity index (χ1v) is 8.22. The van der Waals surface area contributed by atoms with Gasteiger partial charge in [-0.25, -0.2) is 9.78 Å². The first-order chi connectivity index (χ1) is 11.5. The standard InChI is InChI=1S/C19H22N2O3/c1-5-23-19(22)16-11-24-18(20-16)15-10-21(9-12(2)3)17-7-6-13(4)8-14(15)17/h6-8,10-12H,5,9H2,1-4H3. The molecular weight excluding hydrogens is 304 g/mol. The molecule has 0 N–H and O–H groups in total. The number of oxazole rings is 1. The number of fused-ring (bicyclic) bond motifs is 1. The molecule has 2 aromatic heterocycles. The SMILES string of the molecule is CCOC(=O)c1coc(-c2cn(CC(C)C)c3ccc(C)cc23)n1. The third-order valence-electron chi connectivity index (χ3n) is 3.82. The van der Waals surface area contributed by atoms with E-state index in [1.54, 1.807) is 6.92 Å². The number of hydrogen-bond acceptors (Lipinski definition) is 4. The second-order valence-corrected chi connectivity index (χ2v) is 6.37. The maximum atomic E-state index is 11.8. The fraction of sp³-hybridized carbons (Fsp3) is 0.368. The molecule has 5 nitrogen and oxygen atoms in total. The van der Waals surface area contributed by atoms with Crippen LogP contribution >= 0.6 is 0 Å². The van der Waals surface area contributed by atoms with Crippen molar-refractivity contribution in [2.75, 3.05) is 6.61 Å². The Morgan fingerprint density at radius 1 is 1.38 bits per heavy atom. The minimum Gasteiger partial charge on any atom is -0.461 e. The van der Waals surface area contributed by atoms with Crippen molar-refractivity contribution in [1.29, 1.82) is 0 Å². The number of hydrogen-bond donors (Lipinski definition) is 0. The number of benzene rings is 1. The lowest BCUT2D eigenvalue weighted by atomic mass is 10.1. The first-order valence-electron chi connectivity index (χ1n) is 8.22. The lowest BCUT2D eigenvalue weighted by Crippen LogP contribution is -2.04. The molecule has 0 saturated carbocycles. The van der Waals surface area contributed by atoms with Crippen molar-refractivity contribution in [3.63, 3.8) is 0 Å². The van der Waals surface area contributed by atoms with Gasteiger partial charge in [0.15, 0.2) is 5.69 Å². The predicted molar refractivity (Wildman–Crippen MR) is 93.0 cm³/mol. The van der Waals surface area contributed by atoms with E-state index in [2.05, 4.69) is 48.5 Å². The van der Waals surface area contributed by atoms with Crippen LogP contribution in [0.2, 0.25) is 0 Å². The van der Waals surface area contributed by atoms with E-state index in [0.717, 1.165) is 23.0 Å². The Labute approximate surface area is 141 Å². The van der Waals surface area contributed by atoms with E-state index < -0.39 is 5.97 Å². The van der Waals surface area contributed by atoms with Gasteiger partial charge in [0.1, 0.15) is 6.26 Å². The van der Waals surface area contributed by atoms with Gasteiger partial charge in [-0.2, -0.15) is 0 Å². The molecular formula is C19H22N2O3. The van der Waals surface area contributed by atoms with E-state index in [1.165, 1.54) is 11.8 Å². The number of aromatic nitrogens is 2. The van der Waals surface area contributed by atoms with Gasteiger partial charge in [0.05, 0.1) is 12.2 Å². The minimum absolute atomic E-state index is 0.198. The zero-order valence-corrected chi connectivity index (χ0v) is 14.5. The largest absolute Gasteiger partial charge is 0.461 e. The Balaban J connectivity index is 2.08. The summed E-state index contributed by atoms with van der Waals surface area (Å²) in [5.41, 5.74) is 3.40. The van der Waals surface area contributed by atoms with Crippen LogP contribution in [-0.2, 0) is 11.3 Å². The molecule has 3 rings (SSSR count). The van der Waals surface area contributed by atoms with Crippen LogP contribution in [-0.4, -0.2) is 22.1 Å². The molecule has 126 valence electrons. The van der Waals surface area contributed by atoms with Crippen molar-refractivity contribution >= 4 is 16.9 Å². The monoisotopic (exact) mass is 326 g/mol. The third-order valence-corrected chi connectivity index (χ3v) is 3.82. The van der Waals surface area contributed by atoms with Gasteiger partial charge in [0.25, 0.3) is 0 Å².